The van der Waals surface area contributed by atoms with Gasteiger partial charge in [0.15, 0.2) is 11.6 Å². The van der Waals surface area contributed by atoms with Crippen molar-refractivity contribution in [2.45, 2.75) is 26.8 Å². The average Bonchev–Trinajstić information content (AvgIpc) is 3.52. The first-order chi connectivity index (χ1) is 15.9. The van der Waals surface area contributed by atoms with E-state index in [0.717, 1.165) is 28.0 Å². The first-order valence-corrected chi connectivity index (χ1v) is 10.6. The third kappa shape index (κ3) is 3.69. The van der Waals surface area contributed by atoms with Gasteiger partial charge in [0, 0.05) is 61.4 Å². The largest absolute Gasteiger partial charge is 0.481 e. The lowest BCUT2D eigenvalue weighted by Crippen LogP contribution is -2.06. The van der Waals surface area contributed by atoms with Crippen molar-refractivity contribution in [3.63, 3.8) is 0 Å². The van der Waals surface area contributed by atoms with Crippen molar-refractivity contribution in [2.24, 2.45) is 7.05 Å². The van der Waals surface area contributed by atoms with Crippen LogP contribution in [0.2, 0.25) is 0 Å². The van der Waals surface area contributed by atoms with Crippen LogP contribution in [-0.2, 0) is 7.05 Å². The zero-order chi connectivity index (χ0) is 23.1. The van der Waals surface area contributed by atoms with E-state index in [9.17, 15) is 0 Å². The van der Waals surface area contributed by atoms with Crippen LogP contribution >= 0.6 is 0 Å². The summed E-state index contributed by atoms with van der Waals surface area (Å²) in [6, 6.07) is 5.99. The summed E-state index contributed by atoms with van der Waals surface area (Å²) in [7, 11) is 3.51. The maximum absolute atomic E-state index is 5.27. The number of ether oxygens (including phenoxy) is 1. The van der Waals surface area contributed by atoms with E-state index in [1.807, 2.05) is 57.6 Å². The summed E-state index contributed by atoms with van der Waals surface area (Å²) < 4.78 is 11.0. The molecule has 0 unspecified atom stereocenters. The Labute approximate surface area is 190 Å². The van der Waals surface area contributed by atoms with Crippen LogP contribution in [0.4, 0.5) is 11.5 Å². The van der Waals surface area contributed by atoms with E-state index >= 15 is 0 Å². The first kappa shape index (κ1) is 20.7. The summed E-state index contributed by atoms with van der Waals surface area (Å²) in [6.45, 7) is 6.27. The third-order valence-corrected chi connectivity index (χ3v) is 5.53. The quantitative estimate of drug-likeness (QED) is 0.423. The number of nitrogens with zero attached hydrogens (tertiary/aromatic N) is 8. The van der Waals surface area contributed by atoms with Gasteiger partial charge in [-0.05, 0) is 38.5 Å². The predicted octanol–water partition coefficient (Wildman–Crippen LogP) is 4.03. The fraction of sp³-hybridized carbons (Fsp3) is 0.261. The molecule has 0 aromatic carbocycles. The second-order valence-corrected chi connectivity index (χ2v) is 8.09. The highest BCUT2D eigenvalue weighted by atomic mass is 16.5. The molecular formula is C23H25N9O. The zero-order valence-corrected chi connectivity index (χ0v) is 19.2. The van der Waals surface area contributed by atoms with E-state index < -0.39 is 0 Å². The molecule has 0 saturated heterocycles. The zero-order valence-electron chi connectivity index (χ0n) is 19.2. The summed E-state index contributed by atoms with van der Waals surface area (Å²) in [5, 5.41) is 12.9. The Morgan fingerprint density at radius 1 is 1.06 bits per heavy atom. The van der Waals surface area contributed by atoms with Crippen LogP contribution < -0.4 is 10.1 Å². The van der Waals surface area contributed by atoms with Crippen molar-refractivity contribution in [2.75, 3.05) is 12.4 Å². The van der Waals surface area contributed by atoms with E-state index in [1.54, 1.807) is 19.5 Å². The van der Waals surface area contributed by atoms with Gasteiger partial charge in [0.25, 0.3) is 0 Å². The molecule has 0 aliphatic rings. The summed E-state index contributed by atoms with van der Waals surface area (Å²) in [5.74, 6) is 2.35. The Kier molecular flexibility index (Phi) is 5.04. The fourth-order valence-electron chi connectivity index (χ4n) is 3.76. The van der Waals surface area contributed by atoms with Crippen molar-refractivity contribution >= 4 is 17.0 Å². The molecule has 10 nitrogen and oxygen atoms in total. The number of fused-ring (bicyclic) bond motifs is 1. The number of aromatic nitrogens is 8. The second kappa shape index (κ2) is 8.05. The molecule has 0 radical (unpaired) electrons. The van der Waals surface area contributed by atoms with E-state index in [4.69, 9.17) is 19.9 Å². The molecule has 1 N–H and O–H groups in total. The van der Waals surface area contributed by atoms with Gasteiger partial charge in [-0.3, -0.25) is 4.68 Å². The number of imidazole rings is 1. The normalized spacial score (nSPS) is 11.5. The minimum absolute atomic E-state index is 0.282. The van der Waals surface area contributed by atoms with Crippen LogP contribution in [0.1, 0.15) is 25.5 Å². The van der Waals surface area contributed by atoms with Gasteiger partial charge in [0.2, 0.25) is 11.7 Å². The fourth-order valence-corrected chi connectivity index (χ4v) is 3.76. The highest BCUT2D eigenvalue weighted by Gasteiger charge is 2.20. The minimum atomic E-state index is 0.282. The Balaban J connectivity index is 1.69. The Morgan fingerprint density at radius 3 is 2.61 bits per heavy atom. The van der Waals surface area contributed by atoms with Gasteiger partial charge >= 0.3 is 0 Å². The smallest absolute Gasteiger partial charge is 0.218 e. The molecule has 5 aromatic rings. The molecule has 0 saturated carbocycles. The van der Waals surface area contributed by atoms with Gasteiger partial charge in [0.05, 0.1) is 12.8 Å². The molecule has 5 aromatic heterocycles. The van der Waals surface area contributed by atoms with E-state index in [-0.39, 0.29) is 6.04 Å². The molecule has 0 spiro atoms. The number of pyridine rings is 1. The summed E-state index contributed by atoms with van der Waals surface area (Å²) in [4.78, 5) is 13.5. The number of hydrogen-bond acceptors (Lipinski definition) is 7. The molecule has 0 aliphatic heterocycles. The molecule has 33 heavy (non-hydrogen) atoms. The highest BCUT2D eigenvalue weighted by molar-refractivity contribution is 5.84. The molecule has 0 bridgehead atoms. The molecule has 168 valence electrons. The van der Waals surface area contributed by atoms with Gasteiger partial charge in [0.1, 0.15) is 5.52 Å². The Morgan fingerprint density at radius 2 is 1.91 bits per heavy atom. The lowest BCUT2D eigenvalue weighted by molar-refractivity contribution is 0.398. The van der Waals surface area contributed by atoms with Crippen molar-refractivity contribution < 1.29 is 4.74 Å². The third-order valence-electron chi connectivity index (χ3n) is 5.53. The molecule has 0 aliphatic carbocycles. The van der Waals surface area contributed by atoms with Crippen LogP contribution in [0, 0.1) is 6.92 Å². The van der Waals surface area contributed by atoms with Gasteiger partial charge in [-0.15, -0.1) is 5.10 Å². The van der Waals surface area contributed by atoms with Gasteiger partial charge < -0.3 is 14.6 Å². The summed E-state index contributed by atoms with van der Waals surface area (Å²) >= 11 is 0. The van der Waals surface area contributed by atoms with Crippen molar-refractivity contribution in [1.82, 2.24) is 38.9 Å². The summed E-state index contributed by atoms with van der Waals surface area (Å²) in [5.41, 5.74) is 4.58. The maximum Gasteiger partial charge on any atom is 0.218 e. The molecular weight excluding hydrogens is 418 g/mol. The molecule has 0 fully saturated rings. The lowest BCUT2D eigenvalue weighted by Gasteiger charge is -2.11. The van der Waals surface area contributed by atoms with Crippen molar-refractivity contribution in [1.29, 1.82) is 0 Å². The van der Waals surface area contributed by atoms with Crippen LogP contribution in [0.5, 0.6) is 5.88 Å². The number of hydrogen-bond donors (Lipinski definition) is 1. The number of nitrogens with one attached hydrogen (secondary N) is 1. The standard InChI is InChI=1S/C23H25N9O/c1-14(2)31-10-7-18(28-31)17-13-32-20(15(17)3)21(26-16-6-8-24-19(12-16)33-5)27-22(29-32)23-25-9-11-30(23)4/h6-14H,1-5H3,(H,24,26,27,29). The number of aryl methyl sites for hydroxylation is 2. The second-order valence-electron chi connectivity index (χ2n) is 8.09. The molecule has 5 rings (SSSR count). The number of rotatable bonds is 6. The number of methoxy groups -OCH3 is 1. The number of anilines is 2. The van der Waals surface area contributed by atoms with Crippen LogP contribution in [-0.4, -0.2) is 46.0 Å². The molecule has 10 heteroatoms. The minimum Gasteiger partial charge on any atom is -0.481 e. The molecule has 0 amide bonds. The maximum atomic E-state index is 5.27. The Hall–Kier alpha value is -4.21. The van der Waals surface area contributed by atoms with Crippen LogP contribution in [0.3, 0.4) is 0 Å². The molecule has 0 atom stereocenters. The van der Waals surface area contributed by atoms with Gasteiger partial charge in [-0.25, -0.2) is 19.5 Å². The average molecular weight is 444 g/mol. The van der Waals surface area contributed by atoms with Crippen molar-refractivity contribution in [3.05, 3.63) is 54.7 Å². The van der Waals surface area contributed by atoms with E-state index in [2.05, 4.69) is 36.1 Å². The monoisotopic (exact) mass is 443 g/mol. The summed E-state index contributed by atoms with van der Waals surface area (Å²) in [6.07, 6.45) is 9.27. The SMILES string of the molecule is COc1cc(Nc2nc(-c3nccn3C)nn3cc(-c4ccn(C(C)C)n4)c(C)c23)ccn1. The van der Waals surface area contributed by atoms with Crippen molar-refractivity contribution in [3.8, 4) is 28.8 Å². The van der Waals surface area contributed by atoms with Crippen LogP contribution in [0.15, 0.2) is 49.2 Å². The molecule has 5 heterocycles. The predicted molar refractivity (Wildman–Crippen MR) is 126 cm³/mol. The Bertz CT molecular complexity index is 1440. The topological polar surface area (TPSA) is 100.0 Å². The van der Waals surface area contributed by atoms with E-state index in [0.29, 0.717) is 23.3 Å². The van der Waals surface area contributed by atoms with E-state index in [1.165, 1.54) is 0 Å². The first-order valence-electron chi connectivity index (χ1n) is 10.6. The van der Waals surface area contributed by atoms with Gasteiger partial charge in [-0.2, -0.15) is 5.10 Å². The van der Waals surface area contributed by atoms with Gasteiger partial charge in [-0.1, -0.05) is 0 Å². The lowest BCUT2D eigenvalue weighted by atomic mass is 10.1. The van der Waals surface area contributed by atoms with Crippen LogP contribution in [0.25, 0.3) is 28.4 Å². The highest BCUT2D eigenvalue weighted by Crippen LogP contribution is 2.33.